The fourth-order valence-electron chi connectivity index (χ4n) is 5.85. The van der Waals surface area contributed by atoms with Crippen LogP contribution in [0.25, 0.3) is 43.6 Å². The van der Waals surface area contributed by atoms with Crippen LogP contribution in [0.1, 0.15) is 47.4 Å². The molecule has 1 saturated heterocycles. The van der Waals surface area contributed by atoms with Gasteiger partial charge >= 0.3 is 0 Å². The molecule has 36 heavy (non-hydrogen) atoms. The van der Waals surface area contributed by atoms with Gasteiger partial charge in [0.15, 0.2) is 5.79 Å². The highest BCUT2D eigenvalue weighted by molar-refractivity contribution is 6.39. The van der Waals surface area contributed by atoms with Gasteiger partial charge in [0, 0.05) is 32.6 Å². The minimum Gasteiger partial charge on any atom is -0.353 e. The topological polar surface area (TPSA) is 96.2 Å². The van der Waals surface area contributed by atoms with Gasteiger partial charge < -0.3 is 19.4 Å². The van der Waals surface area contributed by atoms with Crippen LogP contribution in [0.4, 0.5) is 0 Å². The molecule has 2 aliphatic heterocycles. The maximum absolute atomic E-state index is 12.6. The number of fused-ring (bicyclic) bond motifs is 11. The summed E-state index contributed by atoms with van der Waals surface area (Å²) in [6.45, 7) is 3.94. The summed E-state index contributed by atoms with van der Waals surface area (Å²) in [6, 6.07) is 15.7. The first-order valence-corrected chi connectivity index (χ1v) is 12.3. The van der Waals surface area contributed by atoms with E-state index in [0.29, 0.717) is 17.2 Å². The number of imide groups is 1. The Labute approximate surface area is 206 Å². The molecule has 1 fully saturated rings. The molecule has 4 heterocycles. The van der Waals surface area contributed by atoms with E-state index in [1.54, 1.807) is 0 Å². The molecule has 3 N–H and O–H groups in total. The Morgan fingerprint density at radius 3 is 1.92 bits per heavy atom. The molecule has 1 aliphatic carbocycles. The van der Waals surface area contributed by atoms with Crippen molar-refractivity contribution in [3.05, 3.63) is 71.8 Å². The van der Waals surface area contributed by atoms with Crippen molar-refractivity contribution in [3.8, 4) is 0 Å². The standard InChI is InChI=1S/C20H11N3O2.C9H14O2/c24-19-15-13-9-5-1-3-7-11(9)21-17(13)18-14(16(15)20(25)23-19)10-6-2-4-8-12(10)22-18;1-9(2)10-7-5-3-4-6-8(7)11-9/h1-8,21-22H,(H,23,24,25);3,5,7-8H,4,6H2,1-2H3. The molecule has 5 aromatic rings. The molecule has 8 rings (SSSR count). The van der Waals surface area contributed by atoms with Crippen molar-refractivity contribution in [2.24, 2.45) is 0 Å². The Kier molecular flexibility index (Phi) is 4.46. The Bertz CT molecular complexity index is 1650. The minimum atomic E-state index is -0.371. The fraction of sp³-hybridized carbons (Fsp3) is 0.241. The summed E-state index contributed by atoms with van der Waals surface area (Å²) in [5, 5.41) is 5.96. The van der Waals surface area contributed by atoms with Crippen molar-refractivity contribution in [2.45, 2.75) is 44.7 Å². The average Bonchev–Trinajstić information content (AvgIpc) is 3.58. The van der Waals surface area contributed by atoms with Crippen molar-refractivity contribution < 1.29 is 19.1 Å². The summed E-state index contributed by atoms with van der Waals surface area (Å²) in [5.74, 6) is -1.03. The van der Waals surface area contributed by atoms with E-state index in [-0.39, 0.29) is 23.7 Å². The van der Waals surface area contributed by atoms with Crippen molar-refractivity contribution in [2.75, 3.05) is 0 Å². The van der Waals surface area contributed by atoms with Crippen LogP contribution in [0.15, 0.2) is 60.7 Å². The lowest BCUT2D eigenvalue weighted by molar-refractivity contribution is -0.142. The molecule has 2 unspecified atom stereocenters. The molecule has 7 nitrogen and oxygen atoms in total. The zero-order valence-corrected chi connectivity index (χ0v) is 20.0. The summed E-state index contributed by atoms with van der Waals surface area (Å²) >= 11 is 0. The van der Waals surface area contributed by atoms with E-state index in [1.807, 2.05) is 62.4 Å². The number of hydrogen-bond acceptors (Lipinski definition) is 4. The van der Waals surface area contributed by atoms with Gasteiger partial charge in [-0.3, -0.25) is 14.9 Å². The van der Waals surface area contributed by atoms with Gasteiger partial charge in [-0.05, 0) is 38.8 Å². The highest BCUT2D eigenvalue weighted by Crippen LogP contribution is 2.41. The maximum atomic E-state index is 12.6. The summed E-state index contributed by atoms with van der Waals surface area (Å²) in [7, 11) is 0. The van der Waals surface area contributed by atoms with Crippen LogP contribution in [-0.4, -0.2) is 39.8 Å². The van der Waals surface area contributed by atoms with Gasteiger partial charge in [0.05, 0.1) is 28.3 Å². The third-order valence-corrected chi connectivity index (χ3v) is 7.26. The van der Waals surface area contributed by atoms with E-state index in [0.717, 1.165) is 56.5 Å². The molecule has 2 atom stereocenters. The Morgan fingerprint density at radius 1 is 0.806 bits per heavy atom. The predicted molar refractivity (Wildman–Crippen MR) is 139 cm³/mol. The average molecular weight is 480 g/mol. The highest BCUT2D eigenvalue weighted by Gasteiger charge is 2.40. The molecule has 2 amide bonds. The van der Waals surface area contributed by atoms with E-state index in [1.165, 1.54) is 0 Å². The number of H-pyrrole nitrogens is 2. The van der Waals surface area contributed by atoms with E-state index < -0.39 is 0 Å². The molecular weight excluding hydrogens is 454 g/mol. The molecule has 2 aromatic heterocycles. The molecule has 180 valence electrons. The maximum Gasteiger partial charge on any atom is 0.259 e. The summed E-state index contributed by atoms with van der Waals surface area (Å²) in [5.41, 5.74) is 4.53. The highest BCUT2D eigenvalue weighted by atomic mass is 16.7. The number of aromatic nitrogens is 2. The number of hydrogen-bond donors (Lipinski definition) is 3. The monoisotopic (exact) mass is 479 g/mol. The van der Waals surface area contributed by atoms with Gasteiger partial charge in [-0.1, -0.05) is 48.6 Å². The number of carbonyl (C=O) groups excluding carboxylic acids is 2. The van der Waals surface area contributed by atoms with Crippen LogP contribution in [0.3, 0.4) is 0 Å². The van der Waals surface area contributed by atoms with E-state index >= 15 is 0 Å². The quantitative estimate of drug-likeness (QED) is 0.196. The molecule has 0 saturated carbocycles. The van der Waals surface area contributed by atoms with Crippen molar-refractivity contribution >= 4 is 55.4 Å². The Hall–Kier alpha value is -3.94. The zero-order valence-electron chi connectivity index (χ0n) is 20.0. The van der Waals surface area contributed by atoms with Crippen LogP contribution < -0.4 is 5.32 Å². The SMILES string of the molecule is CC1(C)OC2C=CCCC2O1.O=C1NC(=O)c2c1c1c3ccccc3[nH]c1c1[nH]c3ccccc3c21. The number of allylic oxidation sites excluding steroid dienone is 1. The van der Waals surface area contributed by atoms with Gasteiger partial charge in [-0.2, -0.15) is 0 Å². The van der Waals surface area contributed by atoms with E-state index in [9.17, 15) is 9.59 Å². The number of rotatable bonds is 0. The van der Waals surface area contributed by atoms with Crippen molar-refractivity contribution in [1.29, 1.82) is 0 Å². The molecule has 0 bridgehead atoms. The number of carbonyl (C=O) groups is 2. The largest absolute Gasteiger partial charge is 0.353 e. The second-order valence-electron chi connectivity index (χ2n) is 10.0. The van der Waals surface area contributed by atoms with Crippen LogP contribution in [0, 0.1) is 0 Å². The molecule has 0 radical (unpaired) electrons. The number of ether oxygens (including phenoxy) is 2. The third-order valence-electron chi connectivity index (χ3n) is 7.26. The number of aromatic amines is 2. The molecule has 7 heteroatoms. The Balaban J connectivity index is 0.000000168. The van der Waals surface area contributed by atoms with Crippen LogP contribution in [0.5, 0.6) is 0 Å². The summed E-state index contributed by atoms with van der Waals surface area (Å²) in [6.07, 6.45) is 7.02. The lowest BCUT2D eigenvalue weighted by Gasteiger charge is -2.16. The summed E-state index contributed by atoms with van der Waals surface area (Å²) < 4.78 is 11.3. The number of amides is 2. The van der Waals surface area contributed by atoms with Crippen LogP contribution >= 0.6 is 0 Å². The van der Waals surface area contributed by atoms with Gasteiger partial charge in [0.2, 0.25) is 0 Å². The van der Waals surface area contributed by atoms with Crippen LogP contribution in [0.2, 0.25) is 0 Å². The lowest BCUT2D eigenvalue weighted by Crippen LogP contribution is -2.22. The lowest BCUT2D eigenvalue weighted by atomic mass is 9.97. The minimum absolute atomic E-state index is 0.207. The fourth-order valence-corrected chi connectivity index (χ4v) is 5.85. The number of nitrogens with one attached hydrogen (secondary N) is 3. The predicted octanol–water partition coefficient (Wildman–Crippen LogP) is 5.70. The van der Waals surface area contributed by atoms with Crippen LogP contribution in [-0.2, 0) is 9.47 Å². The second kappa shape index (κ2) is 7.53. The van der Waals surface area contributed by atoms with Crippen molar-refractivity contribution in [3.63, 3.8) is 0 Å². The van der Waals surface area contributed by atoms with Gasteiger partial charge in [0.1, 0.15) is 6.10 Å². The van der Waals surface area contributed by atoms with Crippen molar-refractivity contribution in [1.82, 2.24) is 15.3 Å². The first-order chi connectivity index (χ1) is 17.4. The smallest absolute Gasteiger partial charge is 0.259 e. The van der Waals surface area contributed by atoms with Gasteiger partial charge in [-0.25, -0.2) is 0 Å². The first kappa shape index (κ1) is 21.4. The van der Waals surface area contributed by atoms with E-state index in [2.05, 4.69) is 27.4 Å². The molecule has 0 spiro atoms. The second-order valence-corrected chi connectivity index (χ2v) is 10.0. The number of para-hydroxylation sites is 2. The Morgan fingerprint density at radius 2 is 1.36 bits per heavy atom. The molecule has 3 aliphatic rings. The van der Waals surface area contributed by atoms with Gasteiger partial charge in [-0.15, -0.1) is 0 Å². The molecular formula is C29H25N3O4. The van der Waals surface area contributed by atoms with Gasteiger partial charge in [0.25, 0.3) is 11.8 Å². The molecule has 3 aromatic carbocycles. The summed E-state index contributed by atoms with van der Waals surface area (Å²) in [4.78, 5) is 32.0. The third kappa shape index (κ3) is 3.06. The first-order valence-electron chi connectivity index (χ1n) is 12.3. The number of benzene rings is 3. The van der Waals surface area contributed by atoms with E-state index in [4.69, 9.17) is 9.47 Å². The normalized spacial score (nSPS) is 22.2. The zero-order chi connectivity index (χ0) is 24.6.